The van der Waals surface area contributed by atoms with Crippen LogP contribution in [0.15, 0.2) is 59.9 Å². The number of hydrogen-bond donors (Lipinski definition) is 0. The van der Waals surface area contributed by atoms with E-state index in [2.05, 4.69) is 15.1 Å². The Labute approximate surface area is 193 Å². The summed E-state index contributed by atoms with van der Waals surface area (Å²) >= 11 is 1.41. The van der Waals surface area contributed by atoms with Crippen molar-refractivity contribution in [3.63, 3.8) is 0 Å². The highest BCUT2D eigenvalue weighted by molar-refractivity contribution is 7.98. The normalized spacial score (nSPS) is 15.4. The number of non-ortho nitro benzene ring substituents is 1. The van der Waals surface area contributed by atoms with Gasteiger partial charge in [-0.05, 0) is 35.6 Å². The van der Waals surface area contributed by atoms with Gasteiger partial charge in [-0.1, -0.05) is 36.0 Å². The number of methoxy groups -OCH3 is 1. The molecule has 4 aromatic rings. The van der Waals surface area contributed by atoms with Gasteiger partial charge < -0.3 is 4.74 Å². The van der Waals surface area contributed by atoms with Crippen LogP contribution < -0.4 is 4.74 Å². The fourth-order valence-electron chi connectivity index (χ4n) is 3.90. The number of Topliss-reactive ketones (excluding diaryl/α,β-unsaturated/α-hetero) is 1. The van der Waals surface area contributed by atoms with E-state index >= 15 is 0 Å². The Bertz CT molecular complexity index is 1350. The number of carbonyl (C=O) groups excluding carboxylic acids is 1. The third-order valence-electron chi connectivity index (χ3n) is 5.67. The lowest BCUT2D eigenvalue weighted by Gasteiger charge is -2.23. The molecule has 0 bridgehead atoms. The predicted molar refractivity (Wildman–Crippen MR) is 122 cm³/mol. The van der Waals surface area contributed by atoms with E-state index in [0.717, 1.165) is 22.6 Å². The quantitative estimate of drug-likeness (QED) is 0.238. The molecule has 0 fully saturated rings. The number of thioether (sulfide) groups is 1. The van der Waals surface area contributed by atoms with Crippen molar-refractivity contribution in [2.45, 2.75) is 29.7 Å². The molecule has 0 unspecified atom stereocenters. The first-order chi connectivity index (χ1) is 16.0. The molecule has 0 saturated carbocycles. The van der Waals surface area contributed by atoms with Gasteiger partial charge in [-0.15, -0.1) is 5.10 Å². The summed E-state index contributed by atoms with van der Waals surface area (Å²) in [6.07, 6.45) is 2.79. The Morgan fingerprint density at radius 2 is 1.88 bits per heavy atom. The van der Waals surface area contributed by atoms with Gasteiger partial charge in [-0.25, -0.2) is 9.50 Å². The maximum atomic E-state index is 12.8. The molecule has 0 spiro atoms. The van der Waals surface area contributed by atoms with Gasteiger partial charge in [0.05, 0.1) is 23.3 Å². The summed E-state index contributed by atoms with van der Waals surface area (Å²) in [5, 5.41) is 15.8. The minimum atomic E-state index is -0.422. The Morgan fingerprint density at radius 1 is 1.12 bits per heavy atom. The molecule has 1 atom stereocenters. The Hall–Kier alpha value is -3.79. The van der Waals surface area contributed by atoms with E-state index in [1.165, 1.54) is 23.9 Å². The van der Waals surface area contributed by atoms with Crippen LogP contribution in [0.2, 0.25) is 0 Å². The van der Waals surface area contributed by atoms with Gasteiger partial charge >= 0.3 is 0 Å². The van der Waals surface area contributed by atoms with Crippen molar-refractivity contribution in [1.82, 2.24) is 19.6 Å². The fourth-order valence-corrected chi connectivity index (χ4v) is 4.68. The van der Waals surface area contributed by atoms with Crippen molar-refractivity contribution in [3.8, 4) is 5.75 Å². The van der Waals surface area contributed by atoms with Crippen LogP contribution in [0.3, 0.4) is 0 Å². The molecule has 0 radical (unpaired) electrons. The third-order valence-corrected chi connectivity index (χ3v) is 6.57. The van der Waals surface area contributed by atoms with Gasteiger partial charge in [0, 0.05) is 30.5 Å². The number of nitro benzene ring substituents is 1. The number of aromatic nitrogens is 4. The van der Waals surface area contributed by atoms with Crippen LogP contribution in [0, 0.1) is 10.1 Å². The van der Waals surface area contributed by atoms with Crippen molar-refractivity contribution in [1.29, 1.82) is 0 Å². The molecule has 10 heteroatoms. The molecule has 9 nitrogen and oxygen atoms in total. The van der Waals surface area contributed by atoms with E-state index in [-0.39, 0.29) is 17.4 Å². The lowest BCUT2D eigenvalue weighted by molar-refractivity contribution is -0.384. The topological polar surface area (TPSA) is 113 Å². The summed E-state index contributed by atoms with van der Waals surface area (Å²) in [7, 11) is 1.63. The van der Waals surface area contributed by atoms with Crippen LogP contribution in [0.5, 0.6) is 5.75 Å². The summed E-state index contributed by atoms with van der Waals surface area (Å²) < 4.78 is 6.77. The van der Waals surface area contributed by atoms with Crippen LogP contribution in [-0.4, -0.2) is 37.4 Å². The SMILES string of the molecule is COc1ccc([C@H]2CC(=O)c3cn4nc(SCc5ccc([N+](=O)[O-])cc5)nc4nc3C2)cc1. The highest BCUT2D eigenvalue weighted by Gasteiger charge is 2.28. The zero-order chi connectivity index (χ0) is 22.9. The predicted octanol–water partition coefficient (Wildman–Crippen LogP) is 4.25. The van der Waals surface area contributed by atoms with Crippen LogP contribution >= 0.6 is 11.8 Å². The van der Waals surface area contributed by atoms with Crippen LogP contribution in [0.25, 0.3) is 5.78 Å². The van der Waals surface area contributed by atoms with Gasteiger partial charge in [-0.3, -0.25) is 14.9 Å². The maximum absolute atomic E-state index is 12.8. The van der Waals surface area contributed by atoms with E-state index in [0.29, 0.717) is 35.1 Å². The highest BCUT2D eigenvalue weighted by Crippen LogP contribution is 2.33. The van der Waals surface area contributed by atoms with Crippen LogP contribution in [-0.2, 0) is 12.2 Å². The van der Waals surface area contributed by atoms with Gasteiger partial charge in [0.25, 0.3) is 11.5 Å². The summed E-state index contributed by atoms with van der Waals surface area (Å²) in [6, 6.07) is 14.2. The Balaban J connectivity index is 1.34. The number of hydrogen-bond acceptors (Lipinski definition) is 8. The number of ether oxygens (including phenoxy) is 1. The first-order valence-corrected chi connectivity index (χ1v) is 11.3. The molecule has 0 aliphatic heterocycles. The summed E-state index contributed by atoms with van der Waals surface area (Å²) in [5.41, 5.74) is 3.39. The molecular weight excluding hydrogens is 442 g/mol. The van der Waals surface area contributed by atoms with Crippen molar-refractivity contribution in [2.24, 2.45) is 0 Å². The number of ketones is 1. The zero-order valence-corrected chi connectivity index (χ0v) is 18.5. The molecular formula is C23H19N5O4S. The van der Waals surface area contributed by atoms with E-state index in [1.54, 1.807) is 30.0 Å². The zero-order valence-electron chi connectivity index (χ0n) is 17.7. The molecule has 2 aromatic carbocycles. The smallest absolute Gasteiger partial charge is 0.269 e. The van der Waals surface area contributed by atoms with E-state index in [1.807, 2.05) is 24.3 Å². The van der Waals surface area contributed by atoms with Crippen molar-refractivity contribution >= 4 is 29.0 Å². The van der Waals surface area contributed by atoms with Gasteiger partial charge in [0.1, 0.15) is 5.75 Å². The molecule has 0 N–H and O–H groups in total. The van der Waals surface area contributed by atoms with Gasteiger partial charge in [-0.2, -0.15) is 4.98 Å². The molecule has 5 rings (SSSR count). The monoisotopic (exact) mass is 461 g/mol. The lowest BCUT2D eigenvalue weighted by Crippen LogP contribution is -2.21. The average Bonchev–Trinajstić information content (AvgIpc) is 3.23. The molecule has 0 saturated heterocycles. The molecule has 1 aliphatic carbocycles. The summed E-state index contributed by atoms with van der Waals surface area (Å²) in [5.74, 6) is 1.89. The van der Waals surface area contributed by atoms with E-state index < -0.39 is 4.92 Å². The number of rotatable bonds is 6. The second-order valence-corrected chi connectivity index (χ2v) is 8.70. The fraction of sp³-hybridized carbons (Fsp3) is 0.217. The average molecular weight is 462 g/mol. The van der Waals surface area contributed by atoms with Crippen molar-refractivity contribution < 1.29 is 14.5 Å². The van der Waals surface area contributed by atoms with Crippen molar-refractivity contribution in [3.05, 3.63) is 87.2 Å². The maximum Gasteiger partial charge on any atom is 0.269 e. The van der Waals surface area contributed by atoms with Crippen LogP contribution in [0.1, 0.15) is 39.5 Å². The van der Waals surface area contributed by atoms with E-state index in [9.17, 15) is 14.9 Å². The first kappa shape index (κ1) is 21.1. The van der Waals surface area contributed by atoms with Gasteiger partial charge in [0.2, 0.25) is 5.16 Å². The second kappa shape index (κ2) is 8.62. The largest absolute Gasteiger partial charge is 0.497 e. The summed E-state index contributed by atoms with van der Waals surface area (Å²) in [4.78, 5) is 32.4. The Kier molecular flexibility index (Phi) is 5.51. The molecule has 2 aromatic heterocycles. The lowest BCUT2D eigenvalue weighted by atomic mass is 9.82. The number of nitrogens with zero attached hydrogens (tertiary/aromatic N) is 5. The number of carbonyl (C=O) groups is 1. The third kappa shape index (κ3) is 4.29. The minimum absolute atomic E-state index is 0.0436. The summed E-state index contributed by atoms with van der Waals surface area (Å²) in [6.45, 7) is 0. The van der Waals surface area contributed by atoms with Crippen molar-refractivity contribution in [2.75, 3.05) is 7.11 Å². The molecule has 33 heavy (non-hydrogen) atoms. The molecule has 0 amide bonds. The number of nitro groups is 1. The van der Waals surface area contributed by atoms with E-state index in [4.69, 9.17) is 4.74 Å². The highest BCUT2D eigenvalue weighted by atomic mass is 32.2. The molecule has 1 aliphatic rings. The minimum Gasteiger partial charge on any atom is -0.497 e. The van der Waals surface area contributed by atoms with Crippen LogP contribution in [0.4, 0.5) is 5.69 Å². The standard InChI is InChI=1S/C23H19N5O4S/c1-32-18-8-4-15(5-9-18)16-10-20-19(21(29)11-16)12-27-22(24-20)25-23(26-27)33-13-14-2-6-17(7-3-14)28(30)31/h2-9,12,16H,10-11,13H2,1H3/t16-/m1/s1. The second-order valence-electron chi connectivity index (χ2n) is 7.75. The molecule has 166 valence electrons. The molecule has 2 heterocycles. The number of benzene rings is 2. The Morgan fingerprint density at radius 3 is 2.58 bits per heavy atom. The number of fused-ring (bicyclic) bond motifs is 2. The first-order valence-electron chi connectivity index (χ1n) is 10.3. The van der Waals surface area contributed by atoms with Gasteiger partial charge in [0.15, 0.2) is 5.78 Å².